The lowest BCUT2D eigenvalue weighted by molar-refractivity contribution is 0.0696. The lowest BCUT2D eigenvalue weighted by Gasteiger charge is -2.07. The molecule has 1 heterocycles. The minimum absolute atomic E-state index is 0.00200. The average molecular weight is 267 g/mol. The summed E-state index contributed by atoms with van der Waals surface area (Å²) in [5.41, 5.74) is 0.241. The fourth-order valence-electron chi connectivity index (χ4n) is 1.33. The molecule has 0 radical (unpaired) electrons. The average Bonchev–Trinajstić information content (AvgIpc) is 2.36. The van der Waals surface area contributed by atoms with Crippen molar-refractivity contribution in [3.8, 4) is 0 Å². The third kappa shape index (κ3) is 2.57. The van der Waals surface area contributed by atoms with Gasteiger partial charge in [-0.15, -0.1) is 0 Å². The summed E-state index contributed by atoms with van der Waals surface area (Å²) in [5, 5.41) is 11.4. The predicted octanol–water partition coefficient (Wildman–Crippen LogP) is 3.32. The van der Waals surface area contributed by atoms with Crippen molar-refractivity contribution in [2.24, 2.45) is 0 Å². The summed E-state index contributed by atoms with van der Waals surface area (Å²) >= 11 is 5.63. The number of halogens is 2. The molecule has 18 heavy (non-hydrogen) atoms. The van der Waals surface area contributed by atoms with Crippen molar-refractivity contribution in [2.75, 3.05) is 5.32 Å². The molecule has 0 fully saturated rings. The number of aromatic carboxylic acids is 1. The van der Waals surface area contributed by atoms with Crippen molar-refractivity contribution in [2.45, 2.75) is 0 Å². The minimum atomic E-state index is -1.07. The van der Waals surface area contributed by atoms with Crippen LogP contribution < -0.4 is 5.32 Å². The highest BCUT2D eigenvalue weighted by Gasteiger charge is 2.07. The molecular weight excluding hydrogens is 259 g/mol. The second-order valence-electron chi connectivity index (χ2n) is 3.46. The van der Waals surface area contributed by atoms with Crippen LogP contribution in [0.3, 0.4) is 0 Å². The maximum absolute atomic E-state index is 13.6. The molecule has 2 N–H and O–H groups in total. The lowest BCUT2D eigenvalue weighted by Crippen LogP contribution is -2.00. The number of benzene rings is 1. The van der Waals surface area contributed by atoms with Gasteiger partial charge in [0.25, 0.3) is 0 Å². The molecule has 92 valence electrons. The third-order valence-corrected chi connectivity index (χ3v) is 2.52. The van der Waals surface area contributed by atoms with Crippen LogP contribution in [0.1, 0.15) is 10.4 Å². The summed E-state index contributed by atoms with van der Waals surface area (Å²) in [7, 11) is 0. The zero-order chi connectivity index (χ0) is 13.1. The Hall–Kier alpha value is -2.14. The highest BCUT2D eigenvalue weighted by Crippen LogP contribution is 2.24. The number of carboxylic acids is 1. The first-order chi connectivity index (χ1) is 8.58. The zero-order valence-corrected chi connectivity index (χ0v) is 9.78. The largest absolute Gasteiger partial charge is 0.478 e. The molecule has 2 rings (SSSR count). The third-order valence-electron chi connectivity index (χ3n) is 2.22. The van der Waals surface area contributed by atoms with Gasteiger partial charge in [0.05, 0.1) is 16.3 Å². The van der Waals surface area contributed by atoms with Gasteiger partial charge in [-0.1, -0.05) is 17.7 Å². The zero-order valence-electron chi connectivity index (χ0n) is 9.02. The van der Waals surface area contributed by atoms with Gasteiger partial charge in [-0.2, -0.15) is 0 Å². The smallest absolute Gasteiger partial charge is 0.337 e. The highest BCUT2D eigenvalue weighted by molar-refractivity contribution is 6.31. The Labute approximate surface area is 107 Å². The molecule has 0 amide bonds. The SMILES string of the molecule is O=C(O)c1ccc(Nc2cccc(Cl)c2F)nc1. The van der Waals surface area contributed by atoms with Gasteiger partial charge in [0.15, 0.2) is 5.82 Å². The van der Waals surface area contributed by atoms with E-state index >= 15 is 0 Å². The topological polar surface area (TPSA) is 62.2 Å². The van der Waals surface area contributed by atoms with Crippen LogP contribution in [0.2, 0.25) is 5.02 Å². The number of carboxylic acid groups (broad SMARTS) is 1. The molecule has 0 saturated heterocycles. The molecule has 1 aromatic carbocycles. The van der Waals surface area contributed by atoms with Crippen LogP contribution in [-0.4, -0.2) is 16.1 Å². The second kappa shape index (κ2) is 5.01. The van der Waals surface area contributed by atoms with Crippen LogP contribution >= 0.6 is 11.6 Å². The number of carbonyl (C=O) groups is 1. The van der Waals surface area contributed by atoms with Crippen molar-refractivity contribution in [3.05, 3.63) is 52.9 Å². The number of rotatable bonds is 3. The van der Waals surface area contributed by atoms with E-state index in [4.69, 9.17) is 16.7 Å². The summed E-state index contributed by atoms with van der Waals surface area (Å²) in [6.45, 7) is 0. The van der Waals surface area contributed by atoms with Crippen molar-refractivity contribution < 1.29 is 14.3 Å². The maximum Gasteiger partial charge on any atom is 0.337 e. The van der Waals surface area contributed by atoms with Crippen LogP contribution in [-0.2, 0) is 0 Å². The number of nitrogens with zero attached hydrogens (tertiary/aromatic N) is 1. The number of nitrogens with one attached hydrogen (secondary N) is 1. The molecule has 0 bridgehead atoms. The van der Waals surface area contributed by atoms with Crippen LogP contribution in [0.4, 0.5) is 15.9 Å². The van der Waals surface area contributed by atoms with Gasteiger partial charge in [-0.25, -0.2) is 14.2 Å². The van der Waals surface area contributed by atoms with Crippen molar-refractivity contribution in [1.29, 1.82) is 0 Å². The quantitative estimate of drug-likeness (QED) is 0.895. The highest BCUT2D eigenvalue weighted by atomic mass is 35.5. The number of hydrogen-bond donors (Lipinski definition) is 2. The molecule has 0 unspecified atom stereocenters. The summed E-state index contributed by atoms with van der Waals surface area (Å²) in [5.74, 6) is -1.31. The van der Waals surface area contributed by atoms with Crippen molar-refractivity contribution >= 4 is 29.1 Å². The Morgan fingerprint density at radius 3 is 2.72 bits per heavy atom. The van der Waals surface area contributed by atoms with Crippen LogP contribution in [0.5, 0.6) is 0 Å². The normalized spacial score (nSPS) is 10.1. The fraction of sp³-hybridized carbons (Fsp3) is 0. The fourth-order valence-corrected chi connectivity index (χ4v) is 1.51. The van der Waals surface area contributed by atoms with E-state index in [9.17, 15) is 9.18 Å². The standard InChI is InChI=1S/C12H8ClFN2O2/c13-8-2-1-3-9(11(8)14)16-10-5-4-7(6-15-10)12(17)18/h1-6H,(H,15,16)(H,17,18). The summed E-state index contributed by atoms with van der Waals surface area (Å²) in [6.07, 6.45) is 1.19. The van der Waals surface area contributed by atoms with E-state index in [1.165, 1.54) is 30.5 Å². The Morgan fingerprint density at radius 1 is 1.33 bits per heavy atom. The van der Waals surface area contributed by atoms with Gasteiger partial charge in [0.2, 0.25) is 0 Å². The maximum atomic E-state index is 13.6. The van der Waals surface area contributed by atoms with E-state index < -0.39 is 11.8 Å². The number of hydrogen-bond acceptors (Lipinski definition) is 3. The Morgan fingerprint density at radius 2 is 2.11 bits per heavy atom. The molecule has 2 aromatic rings. The van der Waals surface area contributed by atoms with E-state index in [0.29, 0.717) is 5.82 Å². The molecule has 4 nitrogen and oxygen atoms in total. The number of pyridine rings is 1. The lowest BCUT2D eigenvalue weighted by atomic mass is 10.2. The van der Waals surface area contributed by atoms with Crippen LogP contribution in [0.15, 0.2) is 36.5 Å². The van der Waals surface area contributed by atoms with Gasteiger partial charge in [0, 0.05) is 6.20 Å². The van der Waals surface area contributed by atoms with Crippen LogP contribution in [0, 0.1) is 5.82 Å². The van der Waals surface area contributed by atoms with Crippen LogP contribution in [0.25, 0.3) is 0 Å². The molecule has 0 atom stereocenters. The van der Waals surface area contributed by atoms with E-state index in [-0.39, 0.29) is 16.3 Å². The molecule has 0 spiro atoms. The van der Waals surface area contributed by atoms with E-state index in [0.717, 1.165) is 0 Å². The van der Waals surface area contributed by atoms with Gasteiger partial charge < -0.3 is 10.4 Å². The molecule has 6 heteroatoms. The molecule has 0 aliphatic carbocycles. The van der Waals surface area contributed by atoms with Crippen molar-refractivity contribution in [3.63, 3.8) is 0 Å². The summed E-state index contributed by atoms with van der Waals surface area (Å²) < 4.78 is 13.6. The molecule has 0 saturated carbocycles. The van der Waals surface area contributed by atoms with Gasteiger partial charge in [-0.3, -0.25) is 0 Å². The van der Waals surface area contributed by atoms with E-state index in [2.05, 4.69) is 10.3 Å². The van der Waals surface area contributed by atoms with E-state index in [1.54, 1.807) is 6.07 Å². The molecule has 0 aliphatic heterocycles. The Bertz CT molecular complexity index is 587. The number of anilines is 2. The summed E-state index contributed by atoms with van der Waals surface area (Å²) in [4.78, 5) is 14.5. The monoisotopic (exact) mass is 266 g/mol. The molecule has 0 aliphatic rings. The number of aromatic nitrogens is 1. The van der Waals surface area contributed by atoms with Gasteiger partial charge in [0.1, 0.15) is 5.82 Å². The first kappa shape index (κ1) is 12.3. The van der Waals surface area contributed by atoms with Gasteiger partial charge in [-0.05, 0) is 24.3 Å². The summed E-state index contributed by atoms with van der Waals surface area (Å²) in [6, 6.07) is 7.36. The predicted molar refractivity (Wildman–Crippen MR) is 65.9 cm³/mol. The van der Waals surface area contributed by atoms with Crippen molar-refractivity contribution in [1.82, 2.24) is 4.98 Å². The first-order valence-electron chi connectivity index (χ1n) is 4.98. The van der Waals surface area contributed by atoms with Gasteiger partial charge >= 0.3 is 5.97 Å². The first-order valence-corrected chi connectivity index (χ1v) is 5.36. The van der Waals surface area contributed by atoms with E-state index in [1.807, 2.05) is 0 Å². The Kier molecular flexibility index (Phi) is 3.43. The molecule has 1 aromatic heterocycles. The minimum Gasteiger partial charge on any atom is -0.478 e. The Balaban J connectivity index is 2.24. The molecular formula is C12H8ClFN2O2. The second-order valence-corrected chi connectivity index (χ2v) is 3.87.